The molecule has 3 aromatic heterocycles. The van der Waals surface area contributed by atoms with Gasteiger partial charge in [0.05, 0.1) is 17.3 Å². The summed E-state index contributed by atoms with van der Waals surface area (Å²) in [6.45, 7) is 7.83. The maximum Gasteiger partial charge on any atom is 0.247 e. The van der Waals surface area contributed by atoms with E-state index in [2.05, 4.69) is 42.9 Å². The number of nitrogens with one attached hydrogen (secondary N) is 2. The van der Waals surface area contributed by atoms with E-state index in [4.69, 9.17) is 4.42 Å². The first-order chi connectivity index (χ1) is 16.9. The molecule has 11 heteroatoms. The molecule has 0 amide bonds. The minimum atomic E-state index is -0.271. The van der Waals surface area contributed by atoms with Crippen LogP contribution in [0.1, 0.15) is 38.1 Å². The number of aromatic nitrogens is 6. The zero-order chi connectivity index (χ0) is 24.7. The fourth-order valence-corrected chi connectivity index (χ4v) is 4.40. The zero-order valence-corrected chi connectivity index (χ0v) is 20.2. The van der Waals surface area contributed by atoms with Crippen molar-refractivity contribution in [3.05, 3.63) is 65.5 Å². The van der Waals surface area contributed by atoms with Crippen molar-refractivity contribution in [2.45, 2.75) is 40.2 Å². The van der Waals surface area contributed by atoms with Gasteiger partial charge in [-0.15, -0.1) is 10.2 Å². The van der Waals surface area contributed by atoms with Crippen LogP contribution in [0.25, 0.3) is 16.8 Å². The van der Waals surface area contributed by atoms with Gasteiger partial charge in [-0.1, -0.05) is 6.92 Å². The number of allylic oxidation sites excluding steroid dienone is 1. The van der Waals surface area contributed by atoms with Crippen molar-refractivity contribution >= 4 is 23.0 Å². The highest BCUT2D eigenvalue weighted by Gasteiger charge is 2.31. The van der Waals surface area contributed by atoms with Gasteiger partial charge in [-0.05, 0) is 44.5 Å². The smallest absolute Gasteiger partial charge is 0.247 e. The van der Waals surface area contributed by atoms with Gasteiger partial charge in [-0.3, -0.25) is 9.69 Å². The lowest BCUT2D eigenvalue weighted by molar-refractivity contribution is 0.501. The topological polar surface area (TPSA) is 110 Å². The first-order valence-electron chi connectivity index (χ1n) is 11.3. The van der Waals surface area contributed by atoms with E-state index in [0.29, 0.717) is 29.2 Å². The van der Waals surface area contributed by atoms with Gasteiger partial charge < -0.3 is 9.73 Å². The summed E-state index contributed by atoms with van der Waals surface area (Å²) in [5.74, 6) is 2.68. The van der Waals surface area contributed by atoms with Crippen LogP contribution in [0.2, 0.25) is 0 Å². The molecule has 0 spiro atoms. The Morgan fingerprint density at radius 1 is 1.14 bits per heavy atom. The summed E-state index contributed by atoms with van der Waals surface area (Å²) < 4.78 is 20.9. The fourth-order valence-electron chi connectivity index (χ4n) is 4.40. The molecule has 5 rings (SSSR count). The number of nitrogens with zero attached hydrogens (tertiary/aromatic N) is 7. The van der Waals surface area contributed by atoms with Crippen LogP contribution < -0.4 is 15.8 Å². The molecule has 1 atom stereocenters. The van der Waals surface area contributed by atoms with E-state index in [9.17, 15) is 4.39 Å². The molecule has 1 aliphatic rings. The van der Waals surface area contributed by atoms with Gasteiger partial charge in [0.25, 0.3) is 0 Å². The molecule has 0 fully saturated rings. The summed E-state index contributed by atoms with van der Waals surface area (Å²) in [4.78, 5) is 8.85. The van der Waals surface area contributed by atoms with E-state index in [1.54, 1.807) is 23.7 Å². The van der Waals surface area contributed by atoms with Crippen LogP contribution in [-0.2, 0) is 13.5 Å². The molecule has 35 heavy (non-hydrogen) atoms. The molecule has 0 radical (unpaired) electrons. The molecule has 10 nitrogen and oxygen atoms in total. The molecule has 0 saturated heterocycles. The Morgan fingerprint density at radius 3 is 2.60 bits per heavy atom. The third-order valence-corrected chi connectivity index (χ3v) is 5.98. The maximum atomic E-state index is 13.4. The normalized spacial score (nSPS) is 15.8. The SMILES string of the molecule is CCc1c(Nc2cc(N3NC(C)C(c4nnc(C)o4)=C3C)ncn2)nn(C)c1-c1ccc(F)cc1. The number of hydrazine groups is 1. The second kappa shape index (κ2) is 8.91. The highest BCUT2D eigenvalue weighted by atomic mass is 19.1. The third-order valence-electron chi connectivity index (χ3n) is 5.98. The van der Waals surface area contributed by atoms with E-state index in [0.717, 1.165) is 34.5 Å². The monoisotopic (exact) mass is 475 g/mol. The van der Waals surface area contributed by atoms with Crippen LogP contribution >= 0.6 is 0 Å². The van der Waals surface area contributed by atoms with Crippen LogP contribution in [0.4, 0.5) is 21.8 Å². The molecule has 0 bridgehead atoms. The third kappa shape index (κ3) is 4.14. The Bertz CT molecular complexity index is 1410. The number of hydrogen-bond donors (Lipinski definition) is 2. The highest BCUT2D eigenvalue weighted by Crippen LogP contribution is 2.34. The zero-order valence-electron chi connectivity index (χ0n) is 20.2. The predicted octanol–water partition coefficient (Wildman–Crippen LogP) is 4.16. The van der Waals surface area contributed by atoms with Crippen molar-refractivity contribution in [2.75, 3.05) is 10.3 Å². The van der Waals surface area contributed by atoms with Crippen LogP contribution in [0.15, 0.2) is 46.8 Å². The first kappa shape index (κ1) is 22.7. The van der Waals surface area contributed by atoms with Gasteiger partial charge in [-0.25, -0.2) is 19.8 Å². The number of anilines is 3. The molecule has 0 aliphatic carbocycles. The van der Waals surface area contributed by atoms with E-state index < -0.39 is 0 Å². The number of benzene rings is 1. The maximum absolute atomic E-state index is 13.4. The molecule has 1 aromatic carbocycles. The fraction of sp³-hybridized carbons (Fsp3) is 0.292. The Balaban J connectivity index is 1.45. The average Bonchev–Trinajstić information content (AvgIpc) is 3.49. The standard InChI is InChI=1S/C24H26FN9O/c1-6-18-22(16-7-9-17(25)10-8-16)33(5)32-23(18)28-19-11-20(27-12-26-19)34-14(3)21(13(2)31-34)24-30-29-15(4)35-24/h7-13,31H,6H2,1-5H3,(H,26,27,28,32). The second-order valence-electron chi connectivity index (χ2n) is 8.36. The molecule has 4 aromatic rings. The molecule has 1 unspecified atom stereocenters. The summed E-state index contributed by atoms with van der Waals surface area (Å²) >= 11 is 0. The Hall–Kier alpha value is -4.12. The predicted molar refractivity (Wildman–Crippen MR) is 130 cm³/mol. The number of halogens is 1. The highest BCUT2D eigenvalue weighted by molar-refractivity contribution is 5.75. The van der Waals surface area contributed by atoms with E-state index in [1.807, 2.05) is 32.0 Å². The summed E-state index contributed by atoms with van der Waals surface area (Å²) in [7, 11) is 1.87. The van der Waals surface area contributed by atoms with Gasteiger partial charge in [-0.2, -0.15) is 5.10 Å². The van der Waals surface area contributed by atoms with Crippen molar-refractivity contribution in [3.8, 4) is 11.3 Å². The lowest BCUT2D eigenvalue weighted by Gasteiger charge is -2.20. The van der Waals surface area contributed by atoms with Crippen LogP contribution in [-0.4, -0.2) is 36.0 Å². The minimum Gasteiger partial charge on any atom is -0.421 e. The number of rotatable bonds is 6. The summed E-state index contributed by atoms with van der Waals surface area (Å²) in [5, 5.41) is 18.0. The molecular weight excluding hydrogens is 449 g/mol. The first-order valence-corrected chi connectivity index (χ1v) is 11.3. The molecule has 1 aliphatic heterocycles. The number of aryl methyl sites for hydroxylation is 2. The van der Waals surface area contributed by atoms with Crippen molar-refractivity contribution < 1.29 is 8.81 Å². The molecule has 4 heterocycles. The minimum absolute atomic E-state index is 0.0398. The van der Waals surface area contributed by atoms with Gasteiger partial charge >= 0.3 is 0 Å². The van der Waals surface area contributed by atoms with Gasteiger partial charge in [0, 0.05) is 36.9 Å². The summed E-state index contributed by atoms with van der Waals surface area (Å²) in [6, 6.07) is 8.23. The molecule has 2 N–H and O–H groups in total. The Kier molecular flexibility index (Phi) is 5.77. The number of hydrogen-bond acceptors (Lipinski definition) is 9. The molecule has 180 valence electrons. The second-order valence-corrected chi connectivity index (χ2v) is 8.36. The largest absolute Gasteiger partial charge is 0.421 e. The summed E-state index contributed by atoms with van der Waals surface area (Å²) in [6.07, 6.45) is 2.24. The van der Waals surface area contributed by atoms with Crippen molar-refractivity contribution in [1.29, 1.82) is 0 Å². The van der Waals surface area contributed by atoms with Crippen LogP contribution in [0.5, 0.6) is 0 Å². The van der Waals surface area contributed by atoms with Gasteiger partial charge in [0.1, 0.15) is 18.0 Å². The van der Waals surface area contributed by atoms with Crippen LogP contribution in [0.3, 0.4) is 0 Å². The van der Waals surface area contributed by atoms with Crippen molar-refractivity contribution in [3.63, 3.8) is 0 Å². The van der Waals surface area contributed by atoms with Gasteiger partial charge in [0.2, 0.25) is 11.8 Å². The Labute approximate surface area is 201 Å². The Morgan fingerprint density at radius 2 is 1.91 bits per heavy atom. The van der Waals surface area contributed by atoms with Crippen molar-refractivity contribution in [1.82, 2.24) is 35.4 Å². The van der Waals surface area contributed by atoms with E-state index in [1.165, 1.54) is 18.5 Å². The molecule has 0 saturated carbocycles. The lowest BCUT2D eigenvalue weighted by Crippen LogP contribution is -2.36. The van der Waals surface area contributed by atoms with Crippen LogP contribution in [0, 0.1) is 12.7 Å². The van der Waals surface area contributed by atoms with E-state index in [-0.39, 0.29) is 11.9 Å². The van der Waals surface area contributed by atoms with E-state index >= 15 is 0 Å². The lowest BCUT2D eigenvalue weighted by atomic mass is 10.1. The molecular formula is C24H26FN9O. The van der Waals surface area contributed by atoms with Gasteiger partial charge in [0.15, 0.2) is 11.6 Å². The average molecular weight is 476 g/mol. The van der Waals surface area contributed by atoms with Crippen molar-refractivity contribution in [2.24, 2.45) is 7.05 Å². The quantitative estimate of drug-likeness (QED) is 0.425. The summed E-state index contributed by atoms with van der Waals surface area (Å²) in [5.41, 5.74) is 8.06.